The average Bonchev–Trinajstić information content (AvgIpc) is 3.24. The van der Waals surface area contributed by atoms with Crippen LogP contribution in [0.1, 0.15) is 232 Å². The van der Waals surface area contributed by atoms with Crippen LogP contribution in [0.3, 0.4) is 0 Å². The molecule has 13 heteroatoms. The van der Waals surface area contributed by atoms with E-state index in [9.17, 15) is 37.9 Å². The average molecular weight is 905 g/mol. The van der Waals surface area contributed by atoms with Gasteiger partial charge in [0.2, 0.25) is 0 Å². The van der Waals surface area contributed by atoms with E-state index in [1.807, 2.05) is 0 Å². The van der Waals surface area contributed by atoms with Crippen molar-refractivity contribution in [2.75, 3.05) is 19.0 Å². The van der Waals surface area contributed by atoms with Crippen molar-refractivity contribution >= 4 is 22.1 Å². The lowest BCUT2D eigenvalue weighted by atomic mass is 10.00. The van der Waals surface area contributed by atoms with Crippen LogP contribution in [0, 0.1) is 0 Å². The Morgan fingerprint density at radius 3 is 1.34 bits per heavy atom. The van der Waals surface area contributed by atoms with Crippen molar-refractivity contribution in [2.24, 2.45) is 0 Å². The molecule has 12 nitrogen and oxygen atoms in total. The van der Waals surface area contributed by atoms with E-state index in [0.717, 1.165) is 57.8 Å². The molecule has 1 heterocycles. The summed E-state index contributed by atoms with van der Waals surface area (Å²) in [6.07, 6.45) is 34.0. The van der Waals surface area contributed by atoms with Crippen LogP contribution in [0.15, 0.2) is 12.2 Å². The lowest BCUT2D eigenvalue weighted by molar-refractivity contribution is -0.297. The van der Waals surface area contributed by atoms with Crippen LogP contribution in [0.5, 0.6) is 0 Å². The molecule has 0 saturated carbocycles. The van der Waals surface area contributed by atoms with Gasteiger partial charge in [0.15, 0.2) is 12.4 Å². The molecule has 0 aromatic carbocycles. The van der Waals surface area contributed by atoms with Gasteiger partial charge in [0, 0.05) is 12.8 Å². The molecule has 0 aromatic heterocycles. The summed E-state index contributed by atoms with van der Waals surface area (Å²) < 4.78 is 54.2. The lowest BCUT2D eigenvalue weighted by Crippen LogP contribution is -2.60. The summed E-state index contributed by atoms with van der Waals surface area (Å²) >= 11 is 0. The number of unbranched alkanes of at least 4 members (excludes halogenated alkanes) is 29. The lowest BCUT2D eigenvalue weighted by Gasteiger charge is -2.40. The number of hydrogen-bond donors (Lipinski definition) is 4. The molecule has 0 aliphatic carbocycles. The summed E-state index contributed by atoms with van der Waals surface area (Å²) in [5, 5.41) is 30.9. The monoisotopic (exact) mass is 905 g/mol. The molecule has 1 aliphatic heterocycles. The molecule has 1 rings (SSSR count). The van der Waals surface area contributed by atoms with E-state index in [1.165, 1.54) is 135 Å². The topological polar surface area (TPSA) is 186 Å². The van der Waals surface area contributed by atoms with Gasteiger partial charge in [-0.15, -0.1) is 0 Å². The summed E-state index contributed by atoms with van der Waals surface area (Å²) in [7, 11) is -4.60. The quantitative estimate of drug-likeness (QED) is 0.0197. The first-order valence-electron chi connectivity index (χ1n) is 25.2. The summed E-state index contributed by atoms with van der Waals surface area (Å²) in [5.41, 5.74) is 0. The van der Waals surface area contributed by atoms with Crippen LogP contribution in [0.2, 0.25) is 0 Å². The van der Waals surface area contributed by atoms with Crippen molar-refractivity contribution in [3.05, 3.63) is 12.2 Å². The SMILES string of the molecule is CCCCCCC/C=C/CCCCCCCC(=O)OC[C@H](CO[C@H]1O[C@H](CS(=O)(=O)O)[C@@H](O)C(O)C1O)OC(=O)CCCCCCCCCCCCCCCCCCCCCC. The van der Waals surface area contributed by atoms with Gasteiger partial charge in [0.25, 0.3) is 10.1 Å². The van der Waals surface area contributed by atoms with Gasteiger partial charge in [0.1, 0.15) is 36.8 Å². The predicted molar refractivity (Wildman–Crippen MR) is 247 cm³/mol. The Kier molecular flexibility index (Phi) is 37.4. The van der Waals surface area contributed by atoms with Crippen molar-refractivity contribution in [3.8, 4) is 0 Å². The van der Waals surface area contributed by atoms with Crippen LogP contribution in [0.4, 0.5) is 0 Å². The number of carbonyl (C=O) groups excluding carboxylic acids is 2. The van der Waals surface area contributed by atoms with E-state index in [-0.39, 0.29) is 19.4 Å². The second-order valence-electron chi connectivity index (χ2n) is 17.8. The van der Waals surface area contributed by atoms with Crippen LogP contribution in [0.25, 0.3) is 0 Å². The van der Waals surface area contributed by atoms with E-state index in [0.29, 0.717) is 12.8 Å². The van der Waals surface area contributed by atoms with Gasteiger partial charge in [-0.25, -0.2) is 0 Å². The summed E-state index contributed by atoms with van der Waals surface area (Å²) in [6.45, 7) is 3.78. The van der Waals surface area contributed by atoms with Crippen molar-refractivity contribution in [3.63, 3.8) is 0 Å². The molecular weight excluding hydrogens is 813 g/mol. The second-order valence-corrected chi connectivity index (χ2v) is 19.3. The molecule has 6 atom stereocenters. The standard InChI is InChI=1S/C49H92O12S/c1-3-5-7-9-11-13-15-17-19-20-21-22-23-24-26-28-30-32-34-36-38-45(51)60-42(40-59-49-48(54)47(53)46(52)43(61-49)41-62(55,56)57)39-58-44(50)37-35-33-31-29-27-25-18-16-14-12-10-8-6-4-2/h16,18,42-43,46-49,52-54H,3-15,17,19-41H2,1-2H3,(H,55,56,57)/b18-16+/t42-,43-,46-,47?,48?,49+/m1/s1. The zero-order chi connectivity index (χ0) is 45.5. The minimum absolute atomic E-state index is 0.169. The Hall–Kier alpha value is -1.61. The molecule has 366 valence electrons. The molecule has 0 aromatic rings. The summed E-state index contributed by atoms with van der Waals surface area (Å²) in [6, 6.07) is 0. The molecule has 0 amide bonds. The maximum atomic E-state index is 12.9. The molecule has 1 fully saturated rings. The molecule has 0 bridgehead atoms. The highest BCUT2D eigenvalue weighted by Crippen LogP contribution is 2.24. The second kappa shape index (κ2) is 39.7. The molecule has 62 heavy (non-hydrogen) atoms. The Labute approximate surface area is 377 Å². The number of aliphatic hydroxyl groups excluding tert-OH is 3. The summed E-state index contributed by atoms with van der Waals surface area (Å²) in [4.78, 5) is 25.5. The van der Waals surface area contributed by atoms with Crippen molar-refractivity contribution < 1.29 is 56.8 Å². The van der Waals surface area contributed by atoms with Gasteiger partial charge >= 0.3 is 11.9 Å². The molecule has 0 spiro atoms. The Morgan fingerprint density at radius 1 is 0.532 bits per heavy atom. The fourth-order valence-electron chi connectivity index (χ4n) is 7.91. The highest BCUT2D eigenvalue weighted by molar-refractivity contribution is 7.85. The van der Waals surface area contributed by atoms with Gasteiger partial charge in [-0.3, -0.25) is 14.1 Å². The van der Waals surface area contributed by atoms with Crippen molar-refractivity contribution in [1.29, 1.82) is 0 Å². The van der Waals surface area contributed by atoms with Crippen LogP contribution < -0.4 is 0 Å². The Morgan fingerprint density at radius 2 is 0.919 bits per heavy atom. The third kappa shape index (κ3) is 33.8. The van der Waals surface area contributed by atoms with Crippen LogP contribution >= 0.6 is 0 Å². The molecule has 1 saturated heterocycles. The number of carbonyl (C=O) groups is 2. The maximum absolute atomic E-state index is 12.9. The number of hydrogen-bond acceptors (Lipinski definition) is 11. The fourth-order valence-corrected chi connectivity index (χ4v) is 8.60. The summed E-state index contributed by atoms with van der Waals surface area (Å²) in [5.74, 6) is -1.98. The van der Waals surface area contributed by atoms with E-state index in [1.54, 1.807) is 0 Å². The minimum atomic E-state index is -4.60. The zero-order valence-corrected chi connectivity index (χ0v) is 40.1. The largest absolute Gasteiger partial charge is 0.462 e. The van der Waals surface area contributed by atoms with Gasteiger partial charge in [-0.2, -0.15) is 8.42 Å². The van der Waals surface area contributed by atoms with Gasteiger partial charge in [0.05, 0.1) is 6.61 Å². The van der Waals surface area contributed by atoms with E-state index >= 15 is 0 Å². The van der Waals surface area contributed by atoms with E-state index in [4.69, 9.17) is 18.9 Å². The molecule has 4 N–H and O–H groups in total. The Balaban J connectivity index is 2.37. The third-order valence-corrected chi connectivity index (χ3v) is 12.6. The molecule has 1 aliphatic rings. The smallest absolute Gasteiger partial charge is 0.306 e. The molecular formula is C49H92O12S. The maximum Gasteiger partial charge on any atom is 0.306 e. The van der Waals surface area contributed by atoms with Crippen molar-refractivity contribution in [1.82, 2.24) is 0 Å². The first kappa shape index (κ1) is 58.4. The first-order valence-corrected chi connectivity index (χ1v) is 26.9. The van der Waals surface area contributed by atoms with Crippen molar-refractivity contribution in [2.45, 2.75) is 269 Å². The number of rotatable bonds is 43. The van der Waals surface area contributed by atoms with E-state index in [2.05, 4.69) is 26.0 Å². The van der Waals surface area contributed by atoms with E-state index < -0.39 is 71.2 Å². The minimum Gasteiger partial charge on any atom is -0.462 e. The number of ether oxygens (including phenoxy) is 4. The predicted octanol–water partition coefficient (Wildman–Crippen LogP) is 11.0. The van der Waals surface area contributed by atoms with Gasteiger partial charge in [-0.1, -0.05) is 193 Å². The molecule has 0 radical (unpaired) electrons. The zero-order valence-electron chi connectivity index (χ0n) is 39.2. The van der Waals surface area contributed by atoms with Crippen LogP contribution in [-0.4, -0.2) is 96.0 Å². The highest BCUT2D eigenvalue weighted by Gasteiger charge is 2.46. The molecule has 2 unspecified atom stereocenters. The highest BCUT2D eigenvalue weighted by atomic mass is 32.2. The van der Waals surface area contributed by atoms with Gasteiger partial charge < -0.3 is 34.3 Å². The van der Waals surface area contributed by atoms with Gasteiger partial charge in [-0.05, 0) is 38.5 Å². The van der Waals surface area contributed by atoms with Crippen LogP contribution in [-0.2, 0) is 38.7 Å². The normalized spacial score (nSPS) is 19.9. The number of esters is 2. The number of allylic oxidation sites excluding steroid dienone is 2. The first-order chi connectivity index (χ1) is 30.0. The fraction of sp³-hybridized carbons (Fsp3) is 0.918. The third-order valence-electron chi connectivity index (χ3n) is 11.8. The number of aliphatic hydroxyl groups is 3. The Bertz CT molecular complexity index is 1200.